The second kappa shape index (κ2) is 9.63. The summed E-state index contributed by atoms with van der Waals surface area (Å²) in [4.78, 5) is 15.0. The lowest BCUT2D eigenvalue weighted by Gasteiger charge is -2.26. The van der Waals surface area contributed by atoms with E-state index in [9.17, 15) is 4.79 Å². The van der Waals surface area contributed by atoms with Crippen LogP contribution < -0.4 is 10.1 Å². The molecule has 0 aliphatic carbocycles. The molecular weight excluding hydrogens is 370 g/mol. The number of nitrogens with one attached hydrogen (secondary N) is 1. The van der Waals surface area contributed by atoms with Crippen molar-refractivity contribution in [3.05, 3.63) is 59.2 Å². The number of para-hydroxylation sites is 1. The summed E-state index contributed by atoms with van der Waals surface area (Å²) in [6.07, 6.45) is -0.709. The fourth-order valence-electron chi connectivity index (χ4n) is 3.12. The molecule has 1 aliphatic heterocycles. The van der Waals surface area contributed by atoms with Crippen LogP contribution in [-0.2, 0) is 11.3 Å². The number of thioether (sulfide) groups is 1. The fraction of sp³-hybridized carbons (Fsp3) is 0.364. The fourth-order valence-corrected chi connectivity index (χ4v) is 4.10. The molecular formula is C22H25N3O2S. The van der Waals surface area contributed by atoms with Gasteiger partial charge in [0.05, 0.1) is 5.56 Å². The van der Waals surface area contributed by atoms with E-state index in [4.69, 9.17) is 10.00 Å². The highest BCUT2D eigenvalue weighted by Crippen LogP contribution is 2.21. The van der Waals surface area contributed by atoms with Gasteiger partial charge in [-0.15, -0.1) is 0 Å². The molecule has 5 nitrogen and oxygen atoms in total. The summed E-state index contributed by atoms with van der Waals surface area (Å²) >= 11 is 2.01. The highest BCUT2D eigenvalue weighted by Gasteiger charge is 2.18. The first-order valence-corrected chi connectivity index (χ1v) is 10.6. The number of ether oxygens (including phenoxy) is 1. The molecule has 1 aliphatic rings. The van der Waals surface area contributed by atoms with Crippen molar-refractivity contribution in [1.82, 2.24) is 4.90 Å². The van der Waals surface area contributed by atoms with E-state index in [1.54, 1.807) is 31.2 Å². The van der Waals surface area contributed by atoms with E-state index in [0.717, 1.165) is 30.9 Å². The van der Waals surface area contributed by atoms with Crippen LogP contribution in [-0.4, -0.2) is 41.5 Å². The van der Waals surface area contributed by atoms with Crippen LogP contribution in [0.2, 0.25) is 0 Å². The van der Waals surface area contributed by atoms with E-state index in [-0.39, 0.29) is 5.91 Å². The number of nitrogens with zero attached hydrogens (tertiary/aromatic N) is 2. The van der Waals surface area contributed by atoms with E-state index >= 15 is 0 Å². The number of hydrogen-bond donors (Lipinski definition) is 1. The lowest BCUT2D eigenvalue weighted by Crippen LogP contribution is -2.32. The molecule has 1 atom stereocenters. The van der Waals surface area contributed by atoms with Crippen molar-refractivity contribution in [3.8, 4) is 11.8 Å². The molecule has 146 valence electrons. The second-order valence-electron chi connectivity index (χ2n) is 6.90. The number of nitriles is 1. The summed E-state index contributed by atoms with van der Waals surface area (Å²) in [5, 5.41) is 12.1. The topological polar surface area (TPSA) is 65.4 Å². The van der Waals surface area contributed by atoms with Crippen LogP contribution >= 0.6 is 11.8 Å². The molecule has 1 saturated heterocycles. The van der Waals surface area contributed by atoms with E-state index in [1.165, 1.54) is 17.1 Å². The zero-order chi connectivity index (χ0) is 19.9. The Morgan fingerprint density at radius 3 is 2.75 bits per heavy atom. The number of amides is 1. The molecule has 0 bridgehead atoms. The van der Waals surface area contributed by atoms with Crippen molar-refractivity contribution < 1.29 is 9.53 Å². The zero-order valence-electron chi connectivity index (χ0n) is 16.3. The van der Waals surface area contributed by atoms with Crippen LogP contribution in [0.3, 0.4) is 0 Å². The molecule has 0 radical (unpaired) electrons. The molecule has 28 heavy (non-hydrogen) atoms. The first-order valence-electron chi connectivity index (χ1n) is 9.43. The van der Waals surface area contributed by atoms with Crippen LogP contribution in [0.4, 0.5) is 5.69 Å². The molecule has 1 amide bonds. The van der Waals surface area contributed by atoms with Crippen molar-refractivity contribution in [2.24, 2.45) is 0 Å². The lowest BCUT2D eigenvalue weighted by atomic mass is 10.1. The molecule has 0 spiro atoms. The molecule has 1 fully saturated rings. The summed E-state index contributed by atoms with van der Waals surface area (Å²) in [6, 6.07) is 15.2. The first-order chi connectivity index (χ1) is 13.6. The Bertz CT molecular complexity index is 872. The number of anilines is 1. The average molecular weight is 396 g/mol. The van der Waals surface area contributed by atoms with Gasteiger partial charge in [0.1, 0.15) is 11.8 Å². The van der Waals surface area contributed by atoms with Crippen LogP contribution in [0.25, 0.3) is 0 Å². The maximum Gasteiger partial charge on any atom is 0.265 e. The van der Waals surface area contributed by atoms with Gasteiger partial charge < -0.3 is 10.1 Å². The summed E-state index contributed by atoms with van der Waals surface area (Å²) in [6.45, 7) is 6.88. The summed E-state index contributed by atoms with van der Waals surface area (Å²) in [5.74, 6) is 2.57. The third-order valence-corrected chi connectivity index (χ3v) is 5.68. The van der Waals surface area contributed by atoms with E-state index < -0.39 is 6.10 Å². The van der Waals surface area contributed by atoms with E-state index in [1.807, 2.05) is 24.8 Å². The van der Waals surface area contributed by atoms with Gasteiger partial charge >= 0.3 is 0 Å². The molecule has 0 aromatic heterocycles. The number of carbonyl (C=O) groups is 1. The summed E-state index contributed by atoms with van der Waals surface area (Å²) in [7, 11) is 0. The number of carbonyl (C=O) groups excluding carboxylic acids is 1. The first kappa shape index (κ1) is 20.2. The Labute approximate surface area is 170 Å². The van der Waals surface area contributed by atoms with E-state index in [2.05, 4.69) is 28.4 Å². The molecule has 1 N–H and O–H groups in total. The van der Waals surface area contributed by atoms with Crippen LogP contribution in [0.1, 0.15) is 23.6 Å². The smallest absolute Gasteiger partial charge is 0.265 e. The quantitative estimate of drug-likeness (QED) is 0.805. The zero-order valence-corrected chi connectivity index (χ0v) is 17.1. The van der Waals surface area contributed by atoms with Gasteiger partial charge in [0.25, 0.3) is 5.91 Å². The molecule has 2 aromatic rings. The predicted molar refractivity (Wildman–Crippen MR) is 114 cm³/mol. The summed E-state index contributed by atoms with van der Waals surface area (Å²) in [5.41, 5.74) is 3.49. The molecule has 6 heteroatoms. The third kappa shape index (κ3) is 5.28. The van der Waals surface area contributed by atoms with Gasteiger partial charge in [-0.2, -0.15) is 17.0 Å². The SMILES string of the molecule is Cc1cc(CN2CCSCC2)ccc1NC(=O)C(C)Oc1ccccc1C#N. The van der Waals surface area contributed by atoms with Crippen LogP contribution in [0, 0.1) is 18.3 Å². The molecule has 0 saturated carbocycles. The van der Waals surface area contributed by atoms with Gasteiger partial charge in [-0.25, -0.2) is 0 Å². The molecule has 1 heterocycles. The normalized spacial score (nSPS) is 15.5. The average Bonchev–Trinajstić information content (AvgIpc) is 2.71. The minimum absolute atomic E-state index is 0.239. The number of rotatable bonds is 6. The lowest BCUT2D eigenvalue weighted by molar-refractivity contribution is -0.122. The Kier molecular flexibility index (Phi) is 6.96. The van der Waals surface area contributed by atoms with Gasteiger partial charge in [-0.1, -0.05) is 24.3 Å². The van der Waals surface area contributed by atoms with Crippen LogP contribution in [0.5, 0.6) is 5.75 Å². The third-order valence-electron chi connectivity index (χ3n) is 4.74. The monoisotopic (exact) mass is 395 g/mol. The number of aryl methyl sites for hydroxylation is 1. The highest BCUT2D eigenvalue weighted by molar-refractivity contribution is 7.99. The van der Waals surface area contributed by atoms with Gasteiger partial charge in [0.2, 0.25) is 0 Å². The maximum atomic E-state index is 12.5. The minimum atomic E-state index is -0.709. The highest BCUT2D eigenvalue weighted by atomic mass is 32.2. The Balaban J connectivity index is 1.60. The van der Waals surface area contributed by atoms with Gasteiger partial charge in [0.15, 0.2) is 6.10 Å². The molecule has 3 rings (SSSR count). The van der Waals surface area contributed by atoms with Gasteiger partial charge in [-0.05, 0) is 43.2 Å². The molecule has 2 aromatic carbocycles. The van der Waals surface area contributed by atoms with Gasteiger partial charge in [0, 0.05) is 36.8 Å². The second-order valence-corrected chi connectivity index (χ2v) is 8.12. The minimum Gasteiger partial charge on any atom is -0.480 e. The molecule has 1 unspecified atom stereocenters. The van der Waals surface area contributed by atoms with Crippen LogP contribution in [0.15, 0.2) is 42.5 Å². The Hall–Kier alpha value is -2.49. The van der Waals surface area contributed by atoms with Crippen molar-refractivity contribution >= 4 is 23.4 Å². The Morgan fingerprint density at radius 1 is 1.29 bits per heavy atom. The van der Waals surface area contributed by atoms with Crippen molar-refractivity contribution in [1.29, 1.82) is 5.26 Å². The van der Waals surface area contributed by atoms with E-state index in [0.29, 0.717) is 11.3 Å². The number of benzene rings is 2. The standard InChI is InChI=1S/C22H25N3O2S/c1-16-13-18(15-25-9-11-28-12-10-25)7-8-20(16)24-22(26)17(2)27-21-6-4-3-5-19(21)14-23/h3-8,13,17H,9-12,15H2,1-2H3,(H,24,26). The van der Waals surface area contributed by atoms with Crippen molar-refractivity contribution in [2.75, 3.05) is 29.9 Å². The van der Waals surface area contributed by atoms with Gasteiger partial charge in [-0.3, -0.25) is 9.69 Å². The van der Waals surface area contributed by atoms with Crippen molar-refractivity contribution in [2.45, 2.75) is 26.5 Å². The number of hydrogen-bond acceptors (Lipinski definition) is 5. The maximum absolute atomic E-state index is 12.5. The summed E-state index contributed by atoms with van der Waals surface area (Å²) < 4.78 is 5.69. The van der Waals surface area contributed by atoms with Crippen molar-refractivity contribution in [3.63, 3.8) is 0 Å². The Morgan fingerprint density at radius 2 is 2.04 bits per heavy atom. The largest absolute Gasteiger partial charge is 0.480 e. The predicted octanol–water partition coefficient (Wildman–Crippen LogP) is 3.82.